The third kappa shape index (κ3) is 3.23. The van der Waals surface area contributed by atoms with Gasteiger partial charge in [0.25, 0.3) is 0 Å². The van der Waals surface area contributed by atoms with Crippen LogP contribution in [0.4, 0.5) is 0 Å². The zero-order valence-electron chi connectivity index (χ0n) is 14.8. The Hall–Kier alpha value is -3.01. The molecule has 4 nitrogen and oxygen atoms in total. The van der Waals surface area contributed by atoms with Gasteiger partial charge in [0.05, 0.1) is 6.42 Å². The molecule has 1 amide bonds. The van der Waals surface area contributed by atoms with Crippen LogP contribution in [-0.2, 0) is 17.8 Å². The zero-order chi connectivity index (χ0) is 17.9. The van der Waals surface area contributed by atoms with Gasteiger partial charge in [-0.25, -0.2) is 0 Å². The Morgan fingerprint density at radius 3 is 2.69 bits per heavy atom. The van der Waals surface area contributed by atoms with Gasteiger partial charge in [0.1, 0.15) is 0 Å². The number of fused-ring (bicyclic) bond motifs is 2. The first-order valence-corrected chi connectivity index (χ1v) is 8.87. The van der Waals surface area contributed by atoms with Crippen molar-refractivity contribution in [3.05, 3.63) is 71.8 Å². The molecule has 1 aliphatic heterocycles. The predicted octanol–water partition coefficient (Wildman–Crippen LogP) is 4.16. The first kappa shape index (κ1) is 16.5. The van der Waals surface area contributed by atoms with Crippen molar-refractivity contribution in [2.75, 3.05) is 13.3 Å². The molecule has 0 unspecified atom stereocenters. The second-order valence-electron chi connectivity index (χ2n) is 6.41. The molecule has 4 rings (SSSR count). The lowest BCUT2D eigenvalue weighted by molar-refractivity contribution is -0.130. The molecule has 1 aliphatic rings. The summed E-state index contributed by atoms with van der Waals surface area (Å²) in [6.45, 7) is 3.50. The third-order valence-electron chi connectivity index (χ3n) is 4.77. The Bertz CT molecular complexity index is 946. The van der Waals surface area contributed by atoms with E-state index in [-0.39, 0.29) is 12.7 Å². The summed E-state index contributed by atoms with van der Waals surface area (Å²) < 4.78 is 10.8. The van der Waals surface area contributed by atoms with E-state index in [0.717, 1.165) is 33.4 Å². The van der Waals surface area contributed by atoms with Gasteiger partial charge in [0.2, 0.25) is 12.7 Å². The number of hydrogen-bond donors (Lipinski definition) is 0. The van der Waals surface area contributed by atoms with Crippen LogP contribution in [0.15, 0.2) is 60.7 Å². The standard InChI is InChI=1S/C22H21NO3/c1-2-23(14-16-10-11-20-21(12-16)26-15-25-20)22(24)13-18-8-5-7-17-6-3-4-9-19(17)18/h3-12H,2,13-15H2,1H3. The number of nitrogens with zero attached hydrogens (tertiary/aromatic N) is 1. The van der Waals surface area contributed by atoms with Crippen LogP contribution in [0.2, 0.25) is 0 Å². The van der Waals surface area contributed by atoms with Gasteiger partial charge in [-0.05, 0) is 41.0 Å². The summed E-state index contributed by atoms with van der Waals surface area (Å²) in [4.78, 5) is 14.8. The van der Waals surface area contributed by atoms with Crippen molar-refractivity contribution in [2.45, 2.75) is 19.9 Å². The minimum atomic E-state index is 0.126. The number of benzene rings is 3. The highest BCUT2D eigenvalue weighted by atomic mass is 16.7. The van der Waals surface area contributed by atoms with Gasteiger partial charge in [-0.2, -0.15) is 0 Å². The predicted molar refractivity (Wildman–Crippen MR) is 101 cm³/mol. The Morgan fingerprint density at radius 2 is 1.81 bits per heavy atom. The quantitative estimate of drug-likeness (QED) is 0.696. The van der Waals surface area contributed by atoms with E-state index in [2.05, 4.69) is 18.2 Å². The lowest BCUT2D eigenvalue weighted by Gasteiger charge is -2.21. The van der Waals surface area contributed by atoms with Crippen molar-refractivity contribution in [1.82, 2.24) is 4.90 Å². The molecule has 0 saturated carbocycles. The Balaban J connectivity index is 1.52. The number of hydrogen-bond acceptors (Lipinski definition) is 3. The number of carbonyl (C=O) groups excluding carboxylic acids is 1. The van der Waals surface area contributed by atoms with Crippen LogP contribution < -0.4 is 9.47 Å². The molecule has 0 bridgehead atoms. The van der Waals surface area contributed by atoms with Crippen LogP contribution in [0.3, 0.4) is 0 Å². The molecule has 3 aromatic carbocycles. The second-order valence-corrected chi connectivity index (χ2v) is 6.41. The first-order valence-electron chi connectivity index (χ1n) is 8.87. The van der Waals surface area contributed by atoms with Gasteiger partial charge in [0, 0.05) is 13.1 Å². The lowest BCUT2D eigenvalue weighted by Crippen LogP contribution is -2.31. The lowest BCUT2D eigenvalue weighted by atomic mass is 10.0. The highest BCUT2D eigenvalue weighted by Gasteiger charge is 2.17. The summed E-state index contributed by atoms with van der Waals surface area (Å²) in [5.74, 6) is 1.64. The van der Waals surface area contributed by atoms with Crippen LogP contribution in [-0.4, -0.2) is 24.1 Å². The largest absolute Gasteiger partial charge is 0.454 e. The molecule has 26 heavy (non-hydrogen) atoms. The number of likely N-dealkylation sites (N-methyl/N-ethyl adjacent to an activating group) is 1. The number of carbonyl (C=O) groups is 1. The second kappa shape index (κ2) is 7.08. The van der Waals surface area contributed by atoms with Gasteiger partial charge >= 0.3 is 0 Å². The minimum absolute atomic E-state index is 0.126. The van der Waals surface area contributed by atoms with E-state index in [0.29, 0.717) is 19.5 Å². The van der Waals surface area contributed by atoms with Crippen LogP contribution in [0, 0.1) is 0 Å². The SMILES string of the molecule is CCN(Cc1ccc2c(c1)OCO2)C(=O)Cc1cccc2ccccc12. The topological polar surface area (TPSA) is 38.8 Å². The number of rotatable bonds is 5. The summed E-state index contributed by atoms with van der Waals surface area (Å²) in [6.07, 6.45) is 0.403. The third-order valence-corrected chi connectivity index (χ3v) is 4.77. The molecule has 0 spiro atoms. The number of amides is 1. The summed E-state index contributed by atoms with van der Waals surface area (Å²) in [6, 6.07) is 20.2. The van der Waals surface area contributed by atoms with Crippen molar-refractivity contribution < 1.29 is 14.3 Å². The molecule has 132 valence electrons. The van der Waals surface area contributed by atoms with Crippen molar-refractivity contribution in [3.8, 4) is 11.5 Å². The molecule has 0 N–H and O–H groups in total. The minimum Gasteiger partial charge on any atom is -0.454 e. The molecule has 0 aliphatic carbocycles. The van der Waals surface area contributed by atoms with Crippen molar-refractivity contribution in [1.29, 1.82) is 0 Å². The van der Waals surface area contributed by atoms with E-state index in [1.807, 2.05) is 54.3 Å². The summed E-state index contributed by atoms with van der Waals surface area (Å²) in [5, 5.41) is 2.30. The molecule has 0 radical (unpaired) electrons. The van der Waals surface area contributed by atoms with E-state index in [9.17, 15) is 4.79 Å². The number of ether oxygens (including phenoxy) is 2. The van der Waals surface area contributed by atoms with Crippen LogP contribution in [0.5, 0.6) is 11.5 Å². The molecule has 4 heteroatoms. The molecular formula is C22H21NO3. The fourth-order valence-electron chi connectivity index (χ4n) is 3.36. The average Bonchev–Trinajstić information content (AvgIpc) is 3.14. The molecule has 0 fully saturated rings. The van der Waals surface area contributed by atoms with E-state index >= 15 is 0 Å². The van der Waals surface area contributed by atoms with Crippen molar-refractivity contribution in [2.24, 2.45) is 0 Å². The van der Waals surface area contributed by atoms with Gasteiger partial charge in [-0.1, -0.05) is 48.5 Å². The van der Waals surface area contributed by atoms with E-state index in [1.54, 1.807) is 0 Å². The highest BCUT2D eigenvalue weighted by molar-refractivity contribution is 5.90. The van der Waals surface area contributed by atoms with Gasteiger partial charge in [-0.15, -0.1) is 0 Å². The van der Waals surface area contributed by atoms with E-state index < -0.39 is 0 Å². The molecule has 3 aromatic rings. The normalized spacial score (nSPS) is 12.3. The van der Waals surface area contributed by atoms with E-state index in [4.69, 9.17) is 9.47 Å². The molecule has 0 atom stereocenters. The first-order chi connectivity index (χ1) is 12.7. The monoisotopic (exact) mass is 347 g/mol. The Labute approximate surface area is 153 Å². The molecular weight excluding hydrogens is 326 g/mol. The average molecular weight is 347 g/mol. The van der Waals surface area contributed by atoms with Crippen molar-refractivity contribution in [3.63, 3.8) is 0 Å². The van der Waals surface area contributed by atoms with Crippen LogP contribution >= 0.6 is 0 Å². The molecule has 1 heterocycles. The summed E-state index contributed by atoms with van der Waals surface area (Å²) in [5.41, 5.74) is 2.11. The van der Waals surface area contributed by atoms with Gasteiger partial charge in [-0.3, -0.25) is 4.79 Å². The summed E-state index contributed by atoms with van der Waals surface area (Å²) in [7, 11) is 0. The smallest absolute Gasteiger partial charge is 0.231 e. The maximum absolute atomic E-state index is 12.9. The maximum atomic E-state index is 12.9. The van der Waals surface area contributed by atoms with Crippen LogP contribution in [0.25, 0.3) is 10.8 Å². The Kier molecular flexibility index (Phi) is 4.48. The molecule has 0 saturated heterocycles. The van der Waals surface area contributed by atoms with Crippen LogP contribution in [0.1, 0.15) is 18.1 Å². The van der Waals surface area contributed by atoms with Gasteiger partial charge < -0.3 is 14.4 Å². The zero-order valence-corrected chi connectivity index (χ0v) is 14.8. The fourth-order valence-corrected chi connectivity index (χ4v) is 3.36. The Morgan fingerprint density at radius 1 is 1.00 bits per heavy atom. The molecule has 0 aromatic heterocycles. The summed E-state index contributed by atoms with van der Waals surface area (Å²) >= 11 is 0. The van der Waals surface area contributed by atoms with Gasteiger partial charge in [0.15, 0.2) is 11.5 Å². The van der Waals surface area contributed by atoms with Crippen molar-refractivity contribution >= 4 is 16.7 Å². The highest BCUT2D eigenvalue weighted by Crippen LogP contribution is 2.32. The maximum Gasteiger partial charge on any atom is 0.231 e. The van der Waals surface area contributed by atoms with E-state index in [1.165, 1.54) is 0 Å². The fraction of sp³-hybridized carbons (Fsp3) is 0.227.